The molecule has 0 aromatic heterocycles. The van der Waals surface area contributed by atoms with Crippen molar-refractivity contribution < 1.29 is 4.79 Å². The Bertz CT molecular complexity index is 248. The quantitative estimate of drug-likeness (QED) is 0.779. The molecule has 1 amide bonds. The van der Waals surface area contributed by atoms with Crippen molar-refractivity contribution >= 4 is 5.91 Å². The molecule has 0 aromatic carbocycles. The predicted octanol–water partition coefficient (Wildman–Crippen LogP) is 2.23. The summed E-state index contributed by atoms with van der Waals surface area (Å²) in [5, 5.41) is 3.30. The molecule has 0 aromatic rings. The van der Waals surface area contributed by atoms with Gasteiger partial charge < -0.3 is 4.90 Å². The Morgan fingerprint density at radius 3 is 2.62 bits per heavy atom. The highest BCUT2D eigenvalue weighted by atomic mass is 16.2. The summed E-state index contributed by atoms with van der Waals surface area (Å²) in [7, 11) is 0. The van der Waals surface area contributed by atoms with E-state index in [0.29, 0.717) is 5.92 Å². The van der Waals surface area contributed by atoms with Crippen molar-refractivity contribution in [2.45, 2.75) is 53.5 Å². The Balaban J connectivity index is 2.55. The average Bonchev–Trinajstić information content (AvgIpc) is 2.50. The Hall–Kier alpha value is -0.570. The zero-order valence-electron chi connectivity index (χ0n) is 11.3. The van der Waals surface area contributed by atoms with Crippen LogP contribution in [0, 0.1) is 11.3 Å². The topological polar surface area (TPSA) is 32.3 Å². The first-order valence-corrected chi connectivity index (χ1v) is 6.40. The molecule has 0 saturated carbocycles. The largest absolute Gasteiger partial charge is 0.328 e. The molecule has 1 N–H and O–H groups in total. The molecule has 1 heterocycles. The van der Waals surface area contributed by atoms with E-state index in [4.69, 9.17) is 0 Å². The van der Waals surface area contributed by atoms with Gasteiger partial charge in [-0.15, -0.1) is 0 Å². The van der Waals surface area contributed by atoms with E-state index in [2.05, 4.69) is 39.9 Å². The minimum Gasteiger partial charge on any atom is -0.328 e. The fraction of sp³-hybridized carbons (Fsp3) is 0.923. The first kappa shape index (κ1) is 13.5. The van der Waals surface area contributed by atoms with Crippen molar-refractivity contribution in [2.75, 3.05) is 13.2 Å². The van der Waals surface area contributed by atoms with Gasteiger partial charge in [-0.2, -0.15) is 0 Å². The molecule has 1 aliphatic heterocycles. The molecule has 1 atom stereocenters. The number of hydrogen-bond donors (Lipinski definition) is 1. The molecular formula is C13H26N2O. The van der Waals surface area contributed by atoms with Gasteiger partial charge >= 0.3 is 0 Å². The number of amides is 1. The minimum atomic E-state index is 0.0629. The Morgan fingerprint density at radius 1 is 1.50 bits per heavy atom. The Labute approximate surface area is 99.6 Å². The molecular weight excluding hydrogens is 200 g/mol. The highest BCUT2D eigenvalue weighted by molar-refractivity contribution is 5.83. The normalized spacial score (nSPS) is 22.2. The summed E-state index contributed by atoms with van der Waals surface area (Å²) < 4.78 is 0. The van der Waals surface area contributed by atoms with Gasteiger partial charge in [0.2, 0.25) is 5.91 Å². The van der Waals surface area contributed by atoms with E-state index in [9.17, 15) is 4.79 Å². The van der Waals surface area contributed by atoms with Crippen LogP contribution in [-0.2, 0) is 4.79 Å². The van der Waals surface area contributed by atoms with Gasteiger partial charge in [0.15, 0.2) is 0 Å². The summed E-state index contributed by atoms with van der Waals surface area (Å²) in [6.45, 7) is 12.6. The fourth-order valence-electron chi connectivity index (χ4n) is 1.93. The second-order valence-corrected chi connectivity index (χ2v) is 5.88. The number of carbonyl (C=O) groups is 1. The number of hydrogen-bond acceptors (Lipinski definition) is 2. The lowest BCUT2D eigenvalue weighted by atomic mass is 9.81. The second kappa shape index (κ2) is 5.17. The van der Waals surface area contributed by atoms with E-state index >= 15 is 0 Å². The Morgan fingerprint density at radius 2 is 2.12 bits per heavy atom. The SMILES string of the molecule is CCCC1NCN(CC(C)(C)C(C)C)C1=O. The van der Waals surface area contributed by atoms with E-state index in [0.717, 1.165) is 26.1 Å². The van der Waals surface area contributed by atoms with Gasteiger partial charge in [-0.1, -0.05) is 41.0 Å². The van der Waals surface area contributed by atoms with Gasteiger partial charge in [0.1, 0.15) is 0 Å². The van der Waals surface area contributed by atoms with Gasteiger partial charge in [0.25, 0.3) is 0 Å². The van der Waals surface area contributed by atoms with Crippen LogP contribution < -0.4 is 5.32 Å². The minimum absolute atomic E-state index is 0.0629. The summed E-state index contributed by atoms with van der Waals surface area (Å²) in [5.74, 6) is 0.876. The van der Waals surface area contributed by atoms with Crippen LogP contribution in [0.1, 0.15) is 47.5 Å². The van der Waals surface area contributed by atoms with E-state index in [1.165, 1.54) is 0 Å². The number of nitrogens with one attached hydrogen (secondary N) is 1. The third-order valence-electron chi connectivity index (χ3n) is 3.88. The van der Waals surface area contributed by atoms with Crippen LogP contribution >= 0.6 is 0 Å². The standard InChI is InChI=1S/C13H26N2O/c1-6-7-11-12(16)15(9-14-11)8-13(4,5)10(2)3/h10-11,14H,6-9H2,1-5H3. The van der Waals surface area contributed by atoms with Crippen LogP contribution in [0.4, 0.5) is 0 Å². The van der Waals surface area contributed by atoms with Gasteiger partial charge in [0.05, 0.1) is 12.7 Å². The summed E-state index contributed by atoms with van der Waals surface area (Å²) in [5.41, 5.74) is 0.193. The van der Waals surface area contributed by atoms with E-state index < -0.39 is 0 Å². The maximum Gasteiger partial charge on any atom is 0.240 e. The molecule has 16 heavy (non-hydrogen) atoms. The molecule has 3 nitrogen and oxygen atoms in total. The van der Waals surface area contributed by atoms with Gasteiger partial charge in [-0.25, -0.2) is 0 Å². The Kier molecular flexibility index (Phi) is 4.36. The monoisotopic (exact) mass is 226 g/mol. The number of rotatable bonds is 5. The van der Waals surface area contributed by atoms with Crippen LogP contribution in [0.15, 0.2) is 0 Å². The third-order valence-corrected chi connectivity index (χ3v) is 3.88. The van der Waals surface area contributed by atoms with E-state index in [1.807, 2.05) is 4.90 Å². The molecule has 0 spiro atoms. The molecule has 1 fully saturated rings. The summed E-state index contributed by atoms with van der Waals surface area (Å²) in [6.07, 6.45) is 2.02. The molecule has 0 aliphatic carbocycles. The maximum absolute atomic E-state index is 12.1. The van der Waals surface area contributed by atoms with Crippen molar-refractivity contribution in [2.24, 2.45) is 11.3 Å². The summed E-state index contributed by atoms with van der Waals surface area (Å²) in [6, 6.07) is 0.0629. The average molecular weight is 226 g/mol. The van der Waals surface area contributed by atoms with E-state index in [1.54, 1.807) is 0 Å². The number of carbonyl (C=O) groups excluding carboxylic acids is 1. The van der Waals surface area contributed by atoms with Crippen molar-refractivity contribution in [1.82, 2.24) is 10.2 Å². The molecule has 1 rings (SSSR count). The lowest BCUT2D eigenvalue weighted by molar-refractivity contribution is -0.130. The highest BCUT2D eigenvalue weighted by Crippen LogP contribution is 2.28. The van der Waals surface area contributed by atoms with Crippen molar-refractivity contribution in [3.63, 3.8) is 0 Å². The van der Waals surface area contributed by atoms with E-state index in [-0.39, 0.29) is 17.4 Å². The fourth-order valence-corrected chi connectivity index (χ4v) is 1.93. The lowest BCUT2D eigenvalue weighted by Gasteiger charge is -2.33. The number of nitrogens with zero attached hydrogens (tertiary/aromatic N) is 1. The second-order valence-electron chi connectivity index (χ2n) is 5.88. The van der Waals surface area contributed by atoms with Crippen molar-refractivity contribution in [3.05, 3.63) is 0 Å². The summed E-state index contributed by atoms with van der Waals surface area (Å²) >= 11 is 0. The molecule has 1 unspecified atom stereocenters. The first-order valence-electron chi connectivity index (χ1n) is 6.40. The predicted molar refractivity (Wildman–Crippen MR) is 67.0 cm³/mol. The van der Waals surface area contributed by atoms with Gasteiger partial charge in [-0.3, -0.25) is 10.1 Å². The zero-order valence-corrected chi connectivity index (χ0v) is 11.3. The smallest absolute Gasteiger partial charge is 0.240 e. The molecule has 0 radical (unpaired) electrons. The lowest BCUT2D eigenvalue weighted by Crippen LogP contribution is -2.39. The van der Waals surface area contributed by atoms with Crippen LogP contribution in [0.3, 0.4) is 0 Å². The molecule has 94 valence electrons. The highest BCUT2D eigenvalue weighted by Gasteiger charge is 2.34. The van der Waals surface area contributed by atoms with Crippen molar-refractivity contribution in [1.29, 1.82) is 0 Å². The zero-order chi connectivity index (χ0) is 12.3. The van der Waals surface area contributed by atoms with Crippen LogP contribution in [0.25, 0.3) is 0 Å². The maximum atomic E-state index is 12.1. The van der Waals surface area contributed by atoms with Gasteiger partial charge in [0, 0.05) is 6.54 Å². The van der Waals surface area contributed by atoms with Crippen LogP contribution in [-0.4, -0.2) is 30.1 Å². The summed E-state index contributed by atoms with van der Waals surface area (Å²) in [4.78, 5) is 14.0. The van der Waals surface area contributed by atoms with Crippen LogP contribution in [0.5, 0.6) is 0 Å². The third kappa shape index (κ3) is 2.97. The molecule has 1 saturated heterocycles. The van der Waals surface area contributed by atoms with Gasteiger partial charge in [-0.05, 0) is 17.8 Å². The van der Waals surface area contributed by atoms with Crippen LogP contribution in [0.2, 0.25) is 0 Å². The molecule has 3 heteroatoms. The van der Waals surface area contributed by atoms with Crippen molar-refractivity contribution in [3.8, 4) is 0 Å². The first-order chi connectivity index (χ1) is 7.38. The molecule has 1 aliphatic rings. The molecule has 0 bridgehead atoms.